The van der Waals surface area contributed by atoms with Gasteiger partial charge in [0.05, 0.1) is 5.56 Å². The van der Waals surface area contributed by atoms with Gasteiger partial charge < -0.3 is 15.3 Å². The van der Waals surface area contributed by atoms with Gasteiger partial charge in [-0.25, -0.2) is 0 Å². The molecule has 0 unspecified atom stereocenters. The van der Waals surface area contributed by atoms with E-state index in [0.29, 0.717) is 11.8 Å². The zero-order valence-corrected chi connectivity index (χ0v) is 10.6. The van der Waals surface area contributed by atoms with Crippen molar-refractivity contribution < 1.29 is 9.90 Å². The van der Waals surface area contributed by atoms with Gasteiger partial charge in [0.25, 0.3) is 0 Å². The summed E-state index contributed by atoms with van der Waals surface area (Å²) in [6.45, 7) is 3.97. The van der Waals surface area contributed by atoms with Crippen molar-refractivity contribution >= 4 is 22.7 Å². The van der Waals surface area contributed by atoms with Gasteiger partial charge in [0.15, 0.2) is 6.29 Å². The van der Waals surface area contributed by atoms with E-state index in [1.165, 1.54) is 0 Å². The number of fused-ring (bicyclic) bond motifs is 1. The van der Waals surface area contributed by atoms with Crippen LogP contribution in [-0.4, -0.2) is 37.6 Å². The predicted molar refractivity (Wildman–Crippen MR) is 76.1 cm³/mol. The Bertz CT molecular complexity index is 619. The van der Waals surface area contributed by atoms with Crippen LogP contribution in [-0.2, 0) is 0 Å². The van der Waals surface area contributed by atoms with E-state index in [-0.39, 0.29) is 5.75 Å². The van der Waals surface area contributed by atoms with Crippen molar-refractivity contribution in [1.82, 2.24) is 5.32 Å². The number of anilines is 1. The summed E-state index contributed by atoms with van der Waals surface area (Å²) in [5, 5.41) is 14.8. The van der Waals surface area contributed by atoms with Gasteiger partial charge in [-0.3, -0.25) is 4.79 Å². The average molecular weight is 256 g/mol. The Morgan fingerprint density at radius 2 is 1.95 bits per heavy atom. The van der Waals surface area contributed by atoms with E-state index in [2.05, 4.69) is 16.3 Å². The van der Waals surface area contributed by atoms with Crippen LogP contribution in [0.15, 0.2) is 30.3 Å². The lowest BCUT2D eigenvalue weighted by atomic mass is 10.0. The Balaban J connectivity index is 2.06. The van der Waals surface area contributed by atoms with Crippen LogP contribution in [0.2, 0.25) is 0 Å². The first kappa shape index (κ1) is 12.0. The Kier molecular flexibility index (Phi) is 3.09. The van der Waals surface area contributed by atoms with Gasteiger partial charge in [-0.05, 0) is 29.0 Å². The molecule has 0 aromatic heterocycles. The molecule has 1 aliphatic rings. The second-order valence-corrected chi connectivity index (χ2v) is 4.76. The highest BCUT2D eigenvalue weighted by molar-refractivity contribution is 6.01. The molecule has 1 heterocycles. The van der Waals surface area contributed by atoms with Gasteiger partial charge in [-0.1, -0.05) is 12.1 Å². The molecule has 3 rings (SSSR count). The lowest BCUT2D eigenvalue weighted by Crippen LogP contribution is -2.43. The third kappa shape index (κ3) is 2.15. The van der Waals surface area contributed by atoms with Gasteiger partial charge in [0.2, 0.25) is 0 Å². The summed E-state index contributed by atoms with van der Waals surface area (Å²) in [6, 6.07) is 9.43. The van der Waals surface area contributed by atoms with Gasteiger partial charge >= 0.3 is 0 Å². The van der Waals surface area contributed by atoms with E-state index in [0.717, 1.165) is 42.6 Å². The Labute approximate surface area is 111 Å². The van der Waals surface area contributed by atoms with Gasteiger partial charge in [-0.15, -0.1) is 0 Å². The number of nitrogens with zero attached hydrogens (tertiary/aromatic N) is 1. The zero-order chi connectivity index (χ0) is 13.2. The fourth-order valence-electron chi connectivity index (χ4n) is 2.57. The molecule has 4 heteroatoms. The van der Waals surface area contributed by atoms with Crippen LogP contribution >= 0.6 is 0 Å². The zero-order valence-electron chi connectivity index (χ0n) is 10.6. The van der Waals surface area contributed by atoms with Crippen molar-refractivity contribution in [2.45, 2.75) is 0 Å². The highest BCUT2D eigenvalue weighted by atomic mass is 16.3. The van der Waals surface area contributed by atoms with Gasteiger partial charge in [0, 0.05) is 31.9 Å². The molecule has 1 fully saturated rings. The maximum Gasteiger partial charge on any atom is 0.154 e. The molecule has 0 radical (unpaired) electrons. The average Bonchev–Trinajstić information content (AvgIpc) is 2.47. The Morgan fingerprint density at radius 1 is 1.16 bits per heavy atom. The number of phenols is 1. The standard InChI is InChI=1S/C15H16N2O2/c18-10-14-13-3-2-12(17-7-5-16-6-8-17)9-11(13)1-4-15(14)19/h1-4,9-10,16,19H,5-8H2. The number of hydrogen-bond acceptors (Lipinski definition) is 4. The summed E-state index contributed by atoms with van der Waals surface area (Å²) in [5.74, 6) is 0.0393. The summed E-state index contributed by atoms with van der Waals surface area (Å²) >= 11 is 0. The molecule has 2 aromatic rings. The molecule has 1 aliphatic heterocycles. The van der Waals surface area contributed by atoms with Crippen LogP contribution in [0.1, 0.15) is 10.4 Å². The highest BCUT2D eigenvalue weighted by Crippen LogP contribution is 2.29. The van der Waals surface area contributed by atoms with Crippen LogP contribution in [0.25, 0.3) is 10.8 Å². The molecule has 4 nitrogen and oxygen atoms in total. The van der Waals surface area contributed by atoms with Crippen molar-refractivity contribution in [3.63, 3.8) is 0 Å². The first-order chi connectivity index (χ1) is 9.29. The van der Waals surface area contributed by atoms with Crippen LogP contribution in [0.5, 0.6) is 5.75 Å². The summed E-state index contributed by atoms with van der Waals surface area (Å²) in [5.41, 5.74) is 1.53. The quantitative estimate of drug-likeness (QED) is 0.804. The van der Waals surface area contributed by atoms with Crippen LogP contribution in [0.3, 0.4) is 0 Å². The molecule has 0 spiro atoms. The Morgan fingerprint density at radius 3 is 2.68 bits per heavy atom. The monoisotopic (exact) mass is 256 g/mol. The van der Waals surface area contributed by atoms with Crippen molar-refractivity contribution in [2.24, 2.45) is 0 Å². The number of benzene rings is 2. The minimum atomic E-state index is 0.0393. The SMILES string of the molecule is O=Cc1c(O)ccc2cc(N3CCNCC3)ccc12. The van der Waals surface area contributed by atoms with Gasteiger partial charge in [0.1, 0.15) is 5.75 Å². The van der Waals surface area contributed by atoms with E-state index in [4.69, 9.17) is 0 Å². The molecule has 0 bridgehead atoms. The summed E-state index contributed by atoms with van der Waals surface area (Å²) < 4.78 is 0. The normalized spacial score (nSPS) is 15.7. The number of piperazine rings is 1. The van der Waals surface area contributed by atoms with E-state index in [9.17, 15) is 9.90 Å². The molecule has 0 aliphatic carbocycles. The maximum absolute atomic E-state index is 11.0. The van der Waals surface area contributed by atoms with Crippen molar-refractivity contribution in [3.8, 4) is 5.75 Å². The van der Waals surface area contributed by atoms with Crippen LogP contribution < -0.4 is 10.2 Å². The fraction of sp³-hybridized carbons (Fsp3) is 0.267. The minimum absolute atomic E-state index is 0.0393. The van der Waals surface area contributed by atoms with Gasteiger partial charge in [-0.2, -0.15) is 0 Å². The third-order valence-electron chi connectivity index (χ3n) is 3.62. The minimum Gasteiger partial charge on any atom is -0.507 e. The molecule has 98 valence electrons. The number of aldehydes is 1. The molecule has 1 saturated heterocycles. The predicted octanol–water partition coefficient (Wildman–Crippen LogP) is 1.77. The maximum atomic E-state index is 11.0. The lowest BCUT2D eigenvalue weighted by Gasteiger charge is -2.29. The molecule has 0 amide bonds. The number of phenolic OH excluding ortho intramolecular Hbond substituents is 1. The summed E-state index contributed by atoms with van der Waals surface area (Å²) in [6.07, 6.45) is 0.710. The number of carbonyl (C=O) groups is 1. The van der Waals surface area contributed by atoms with Crippen LogP contribution in [0, 0.1) is 0 Å². The van der Waals surface area contributed by atoms with Crippen LogP contribution in [0.4, 0.5) is 5.69 Å². The van der Waals surface area contributed by atoms with Crippen molar-refractivity contribution in [2.75, 3.05) is 31.1 Å². The summed E-state index contributed by atoms with van der Waals surface area (Å²) in [4.78, 5) is 13.4. The van der Waals surface area contributed by atoms with E-state index < -0.39 is 0 Å². The molecule has 19 heavy (non-hydrogen) atoms. The second kappa shape index (κ2) is 4.90. The molecule has 0 saturated carbocycles. The van der Waals surface area contributed by atoms with E-state index >= 15 is 0 Å². The van der Waals surface area contributed by atoms with E-state index in [1.54, 1.807) is 6.07 Å². The lowest BCUT2D eigenvalue weighted by molar-refractivity contribution is 0.112. The molecule has 0 atom stereocenters. The number of rotatable bonds is 2. The first-order valence-corrected chi connectivity index (χ1v) is 6.46. The molecular formula is C15H16N2O2. The molecular weight excluding hydrogens is 240 g/mol. The molecule has 2 aromatic carbocycles. The molecule has 2 N–H and O–H groups in total. The first-order valence-electron chi connectivity index (χ1n) is 6.46. The van der Waals surface area contributed by atoms with Crippen molar-refractivity contribution in [3.05, 3.63) is 35.9 Å². The van der Waals surface area contributed by atoms with Crippen molar-refractivity contribution in [1.29, 1.82) is 0 Å². The topological polar surface area (TPSA) is 52.6 Å². The number of aromatic hydroxyl groups is 1. The highest BCUT2D eigenvalue weighted by Gasteiger charge is 2.12. The number of carbonyl (C=O) groups excluding carboxylic acids is 1. The second-order valence-electron chi connectivity index (χ2n) is 4.76. The van der Waals surface area contributed by atoms with E-state index in [1.807, 2.05) is 18.2 Å². The Hall–Kier alpha value is -2.07. The third-order valence-corrected chi connectivity index (χ3v) is 3.62. The fourth-order valence-corrected chi connectivity index (χ4v) is 2.57. The number of nitrogens with one attached hydrogen (secondary N) is 1. The summed E-state index contributed by atoms with van der Waals surface area (Å²) in [7, 11) is 0. The number of hydrogen-bond donors (Lipinski definition) is 2. The largest absolute Gasteiger partial charge is 0.507 e. The smallest absolute Gasteiger partial charge is 0.154 e.